The fourth-order valence-electron chi connectivity index (χ4n) is 5.97. The standard InChI is InChI=1S/C22H31FN2O2/c23-19-9-2-1-6-16(19)14-25-15-17-7-4-12-24-13-5-8-18(22(17)24)20(25)10-3-11-21(26)27/h1-2,6,9,17-18,20,22H,3-5,7-8,10-15H2,(H,26,27)/t17-,18-,20-,22+/m1/s1. The van der Waals surface area contributed by atoms with Crippen molar-refractivity contribution in [3.63, 3.8) is 0 Å². The SMILES string of the molecule is O=C(O)CCC[C@@H]1[C@H]2CCCN3CCC[C@H](CN1Cc1ccccc1F)[C@@H]23. The van der Waals surface area contributed by atoms with Crippen LogP contribution in [0.5, 0.6) is 0 Å². The molecule has 5 heteroatoms. The van der Waals surface area contributed by atoms with Gasteiger partial charge in [0.05, 0.1) is 0 Å². The minimum absolute atomic E-state index is 0.127. The monoisotopic (exact) mass is 374 g/mol. The van der Waals surface area contributed by atoms with E-state index in [4.69, 9.17) is 5.11 Å². The van der Waals surface area contributed by atoms with Crippen molar-refractivity contribution in [3.05, 3.63) is 35.6 Å². The number of carboxylic acids is 1. The number of benzene rings is 1. The average molecular weight is 375 g/mol. The predicted molar refractivity (Wildman–Crippen MR) is 103 cm³/mol. The lowest BCUT2D eigenvalue weighted by atomic mass is 9.69. The van der Waals surface area contributed by atoms with Gasteiger partial charge in [-0.05, 0) is 69.5 Å². The number of hydrogen-bond donors (Lipinski definition) is 1. The van der Waals surface area contributed by atoms with Crippen LogP contribution in [-0.4, -0.2) is 52.6 Å². The van der Waals surface area contributed by atoms with Gasteiger partial charge in [-0.2, -0.15) is 0 Å². The third kappa shape index (κ3) is 4.04. The number of nitrogens with zero attached hydrogens (tertiary/aromatic N) is 2. The first-order valence-corrected chi connectivity index (χ1v) is 10.6. The van der Waals surface area contributed by atoms with E-state index in [0.29, 0.717) is 36.9 Å². The van der Waals surface area contributed by atoms with E-state index in [-0.39, 0.29) is 12.2 Å². The van der Waals surface area contributed by atoms with Crippen molar-refractivity contribution in [2.75, 3.05) is 19.6 Å². The van der Waals surface area contributed by atoms with E-state index >= 15 is 0 Å². The number of carboxylic acid groups (broad SMARTS) is 1. The van der Waals surface area contributed by atoms with Crippen LogP contribution in [0.1, 0.15) is 50.5 Å². The maximum atomic E-state index is 14.3. The Hall–Kier alpha value is -1.46. The highest BCUT2D eigenvalue weighted by Gasteiger charge is 2.48. The van der Waals surface area contributed by atoms with Gasteiger partial charge in [0.15, 0.2) is 0 Å². The van der Waals surface area contributed by atoms with E-state index in [1.807, 2.05) is 12.1 Å². The Bertz CT molecular complexity index is 665. The van der Waals surface area contributed by atoms with Crippen LogP contribution in [0.4, 0.5) is 4.39 Å². The zero-order valence-corrected chi connectivity index (χ0v) is 16.0. The molecular formula is C22H31FN2O2. The van der Waals surface area contributed by atoms with Crippen LogP contribution >= 0.6 is 0 Å². The number of aliphatic carboxylic acids is 1. The van der Waals surface area contributed by atoms with Crippen molar-refractivity contribution >= 4 is 5.97 Å². The van der Waals surface area contributed by atoms with Crippen LogP contribution in [0.25, 0.3) is 0 Å². The van der Waals surface area contributed by atoms with E-state index in [1.54, 1.807) is 12.1 Å². The van der Waals surface area contributed by atoms with Crippen LogP contribution in [-0.2, 0) is 11.3 Å². The van der Waals surface area contributed by atoms with E-state index in [0.717, 1.165) is 18.5 Å². The van der Waals surface area contributed by atoms with Gasteiger partial charge in [0, 0.05) is 37.2 Å². The number of halogens is 1. The van der Waals surface area contributed by atoms with E-state index in [2.05, 4.69) is 9.80 Å². The summed E-state index contributed by atoms with van der Waals surface area (Å²) in [5, 5.41) is 9.07. The number of piperidine rings is 3. The molecule has 4 rings (SSSR count). The van der Waals surface area contributed by atoms with Gasteiger partial charge in [0.2, 0.25) is 0 Å². The molecule has 3 saturated heterocycles. The second-order valence-electron chi connectivity index (χ2n) is 8.61. The molecule has 4 atom stereocenters. The Morgan fingerprint density at radius 1 is 1.19 bits per heavy atom. The van der Waals surface area contributed by atoms with Crippen molar-refractivity contribution in [3.8, 4) is 0 Å². The molecule has 148 valence electrons. The molecule has 0 saturated carbocycles. The molecule has 1 N–H and O–H groups in total. The summed E-state index contributed by atoms with van der Waals surface area (Å²) in [4.78, 5) is 16.2. The molecule has 27 heavy (non-hydrogen) atoms. The molecule has 3 fully saturated rings. The summed E-state index contributed by atoms with van der Waals surface area (Å²) in [6, 6.07) is 8.11. The summed E-state index contributed by atoms with van der Waals surface area (Å²) >= 11 is 0. The zero-order valence-electron chi connectivity index (χ0n) is 16.0. The van der Waals surface area contributed by atoms with Crippen molar-refractivity contribution in [1.82, 2.24) is 9.80 Å². The Morgan fingerprint density at radius 2 is 1.96 bits per heavy atom. The molecule has 0 aromatic heterocycles. The molecule has 3 aliphatic heterocycles. The number of likely N-dealkylation sites (tertiary alicyclic amines) is 1. The highest BCUT2D eigenvalue weighted by Crippen LogP contribution is 2.43. The normalized spacial score (nSPS) is 31.4. The Labute approximate surface area is 161 Å². The molecule has 1 aromatic rings. The molecule has 1 aromatic carbocycles. The van der Waals surface area contributed by atoms with E-state index in [9.17, 15) is 9.18 Å². The van der Waals surface area contributed by atoms with E-state index in [1.165, 1.54) is 38.8 Å². The third-order valence-electron chi connectivity index (χ3n) is 7.00. The molecule has 4 nitrogen and oxygen atoms in total. The average Bonchev–Trinajstić information content (AvgIpc) is 2.66. The summed E-state index contributed by atoms with van der Waals surface area (Å²) in [7, 11) is 0. The van der Waals surface area contributed by atoms with Gasteiger partial charge in [-0.1, -0.05) is 18.2 Å². The molecule has 0 aliphatic carbocycles. The second kappa shape index (κ2) is 8.27. The van der Waals surface area contributed by atoms with Gasteiger partial charge in [-0.25, -0.2) is 4.39 Å². The Balaban J connectivity index is 1.56. The summed E-state index contributed by atoms with van der Waals surface area (Å²) in [5.74, 6) is 0.426. The first-order chi connectivity index (χ1) is 13.1. The summed E-state index contributed by atoms with van der Waals surface area (Å²) in [5.41, 5.74) is 0.766. The van der Waals surface area contributed by atoms with Crippen molar-refractivity contribution in [2.24, 2.45) is 11.8 Å². The molecule has 0 spiro atoms. The first-order valence-electron chi connectivity index (χ1n) is 10.6. The van der Waals surface area contributed by atoms with Crippen LogP contribution in [0.2, 0.25) is 0 Å². The number of carbonyl (C=O) groups is 1. The first kappa shape index (κ1) is 18.9. The van der Waals surface area contributed by atoms with Crippen molar-refractivity contribution in [2.45, 2.75) is 63.6 Å². The molecule has 0 radical (unpaired) electrons. The maximum Gasteiger partial charge on any atom is 0.303 e. The van der Waals surface area contributed by atoms with Crippen molar-refractivity contribution in [1.29, 1.82) is 0 Å². The second-order valence-corrected chi connectivity index (χ2v) is 8.61. The molecule has 3 heterocycles. The molecule has 0 bridgehead atoms. The topological polar surface area (TPSA) is 43.8 Å². The van der Waals surface area contributed by atoms with Gasteiger partial charge in [0.25, 0.3) is 0 Å². The van der Waals surface area contributed by atoms with Gasteiger partial charge < -0.3 is 5.11 Å². The van der Waals surface area contributed by atoms with Crippen LogP contribution in [0, 0.1) is 17.7 Å². The van der Waals surface area contributed by atoms with Crippen LogP contribution < -0.4 is 0 Å². The largest absolute Gasteiger partial charge is 0.481 e. The number of rotatable bonds is 6. The minimum atomic E-state index is -0.715. The molecule has 3 aliphatic rings. The fraction of sp³-hybridized carbons (Fsp3) is 0.682. The predicted octanol–water partition coefficient (Wildman–Crippen LogP) is 3.76. The summed E-state index contributed by atoms with van der Waals surface area (Å²) in [6.45, 7) is 4.09. The van der Waals surface area contributed by atoms with Gasteiger partial charge >= 0.3 is 5.97 Å². The Kier molecular flexibility index (Phi) is 5.79. The lowest BCUT2D eigenvalue weighted by Crippen LogP contribution is -2.64. The maximum absolute atomic E-state index is 14.3. The molecule has 0 unspecified atom stereocenters. The molecular weight excluding hydrogens is 343 g/mol. The smallest absolute Gasteiger partial charge is 0.303 e. The van der Waals surface area contributed by atoms with Gasteiger partial charge in [0.1, 0.15) is 5.82 Å². The van der Waals surface area contributed by atoms with Gasteiger partial charge in [-0.15, -0.1) is 0 Å². The lowest BCUT2D eigenvalue weighted by molar-refractivity contribution is -0.137. The van der Waals surface area contributed by atoms with Crippen molar-refractivity contribution < 1.29 is 14.3 Å². The van der Waals surface area contributed by atoms with Crippen LogP contribution in [0.3, 0.4) is 0 Å². The Morgan fingerprint density at radius 3 is 2.74 bits per heavy atom. The quantitative estimate of drug-likeness (QED) is 0.823. The lowest BCUT2D eigenvalue weighted by Gasteiger charge is -2.57. The van der Waals surface area contributed by atoms with Gasteiger partial charge in [-0.3, -0.25) is 14.6 Å². The summed E-state index contributed by atoms with van der Waals surface area (Å²) < 4.78 is 14.3. The minimum Gasteiger partial charge on any atom is -0.481 e. The fourth-order valence-corrected chi connectivity index (χ4v) is 5.97. The summed E-state index contributed by atoms with van der Waals surface area (Å²) in [6.07, 6.45) is 6.84. The number of hydrogen-bond acceptors (Lipinski definition) is 3. The zero-order chi connectivity index (χ0) is 18.8. The van der Waals surface area contributed by atoms with Crippen LogP contribution in [0.15, 0.2) is 24.3 Å². The molecule has 0 amide bonds. The third-order valence-corrected chi connectivity index (χ3v) is 7.00. The highest BCUT2D eigenvalue weighted by atomic mass is 19.1. The highest BCUT2D eigenvalue weighted by molar-refractivity contribution is 5.66. The van der Waals surface area contributed by atoms with E-state index < -0.39 is 5.97 Å².